The second-order valence-electron chi connectivity index (χ2n) is 10.2. The lowest BCUT2D eigenvalue weighted by atomic mass is 9.68. The van der Waals surface area contributed by atoms with Crippen LogP contribution in [0.4, 0.5) is 4.79 Å². The Morgan fingerprint density at radius 3 is 2.52 bits per heavy atom. The maximum atomic E-state index is 12.9. The molecule has 1 N–H and O–H groups in total. The van der Waals surface area contributed by atoms with Crippen LogP contribution >= 0.6 is 0 Å². The van der Waals surface area contributed by atoms with Gasteiger partial charge in [-0.15, -0.1) is 0 Å². The van der Waals surface area contributed by atoms with Crippen molar-refractivity contribution in [2.75, 3.05) is 20.8 Å². The average molecular weight is 466 g/mol. The van der Waals surface area contributed by atoms with Gasteiger partial charge in [0.15, 0.2) is 0 Å². The van der Waals surface area contributed by atoms with Crippen molar-refractivity contribution in [2.45, 2.75) is 101 Å². The van der Waals surface area contributed by atoms with Crippen LogP contribution in [0.1, 0.15) is 65.2 Å². The van der Waals surface area contributed by atoms with Gasteiger partial charge in [0, 0.05) is 7.11 Å². The van der Waals surface area contributed by atoms with E-state index in [0.717, 1.165) is 44.9 Å². The minimum atomic E-state index is -0.684. The first-order valence-electron chi connectivity index (χ1n) is 12.4. The molecule has 4 fully saturated rings. The van der Waals surface area contributed by atoms with Gasteiger partial charge in [0.25, 0.3) is 0 Å². The summed E-state index contributed by atoms with van der Waals surface area (Å²) in [4.78, 5) is 25.3. The molecule has 8 heteroatoms. The predicted octanol–water partition coefficient (Wildman–Crippen LogP) is 3.52. The van der Waals surface area contributed by atoms with Crippen molar-refractivity contribution in [1.82, 2.24) is 5.32 Å². The Labute approximate surface area is 196 Å². The molecule has 0 aromatic heterocycles. The lowest BCUT2D eigenvalue weighted by Crippen LogP contribution is -2.57. The lowest BCUT2D eigenvalue weighted by Gasteiger charge is -2.42. The molecular weight excluding hydrogens is 426 g/mol. The Balaban J connectivity index is 1.44. The smallest absolute Gasteiger partial charge is 0.408 e. The number of nitrogens with one attached hydrogen (secondary N) is 1. The van der Waals surface area contributed by atoms with Crippen LogP contribution in [0, 0.1) is 11.8 Å². The van der Waals surface area contributed by atoms with E-state index in [9.17, 15) is 9.59 Å². The first-order valence-corrected chi connectivity index (χ1v) is 12.4. The fourth-order valence-corrected chi connectivity index (χ4v) is 6.25. The Bertz CT molecular complexity index is 745. The van der Waals surface area contributed by atoms with Gasteiger partial charge in [-0.2, -0.15) is 0 Å². The molecule has 0 bridgehead atoms. The first-order chi connectivity index (χ1) is 15.9. The fraction of sp³-hybridized carbons (Fsp3) is 0.840. The molecule has 4 aliphatic rings. The number of epoxide rings is 2. The molecule has 8 nitrogen and oxygen atoms in total. The summed E-state index contributed by atoms with van der Waals surface area (Å²) in [7, 11) is 3.01. The normalized spacial score (nSPS) is 39.3. The second-order valence-corrected chi connectivity index (χ2v) is 10.2. The van der Waals surface area contributed by atoms with Crippen molar-refractivity contribution in [1.29, 1.82) is 0 Å². The van der Waals surface area contributed by atoms with Gasteiger partial charge >= 0.3 is 12.1 Å². The monoisotopic (exact) mass is 465 g/mol. The average Bonchev–Trinajstić information content (AvgIpc) is 3.74. The minimum Gasteiger partial charge on any atom is -0.467 e. The highest BCUT2D eigenvalue weighted by atomic mass is 16.6. The molecule has 186 valence electrons. The molecule has 33 heavy (non-hydrogen) atoms. The number of hydrogen-bond acceptors (Lipinski definition) is 7. The molecule has 2 aliphatic carbocycles. The van der Waals surface area contributed by atoms with Crippen LogP contribution in [0.2, 0.25) is 0 Å². The summed E-state index contributed by atoms with van der Waals surface area (Å²) in [5, 5.41) is 2.81. The number of methoxy groups -OCH3 is 2. The number of hydrogen-bond donors (Lipinski definition) is 1. The van der Waals surface area contributed by atoms with E-state index >= 15 is 0 Å². The highest BCUT2D eigenvalue weighted by molar-refractivity contribution is 5.81. The Morgan fingerprint density at radius 2 is 1.91 bits per heavy atom. The van der Waals surface area contributed by atoms with E-state index in [2.05, 4.69) is 18.3 Å². The van der Waals surface area contributed by atoms with Crippen molar-refractivity contribution < 1.29 is 33.3 Å². The largest absolute Gasteiger partial charge is 0.467 e. The number of esters is 1. The van der Waals surface area contributed by atoms with Gasteiger partial charge in [0.05, 0.1) is 25.7 Å². The van der Waals surface area contributed by atoms with Gasteiger partial charge < -0.3 is 29.0 Å². The molecule has 7 atom stereocenters. The van der Waals surface area contributed by atoms with Gasteiger partial charge in [-0.25, -0.2) is 9.59 Å². The highest BCUT2D eigenvalue weighted by Crippen LogP contribution is 2.59. The topological polar surface area (TPSA) is 98.9 Å². The molecule has 4 rings (SSSR count). The maximum Gasteiger partial charge on any atom is 0.408 e. The quantitative estimate of drug-likeness (QED) is 0.333. The SMILES string of the molecule is CC=CC[C@H]1O[C@]1(C)[C@H]1[C@H](OC)[C@H](OC(=O)NC(C(=O)OC)C2CCCCC2)CC[C@]12CO2. The van der Waals surface area contributed by atoms with Crippen LogP contribution in [0.3, 0.4) is 0 Å². The maximum absolute atomic E-state index is 12.9. The molecule has 1 spiro atoms. The number of alkyl carbamates (subject to hydrolysis) is 1. The number of carbonyl (C=O) groups is 2. The molecular formula is C25H39NO7. The van der Waals surface area contributed by atoms with Crippen LogP contribution in [0.25, 0.3) is 0 Å². The van der Waals surface area contributed by atoms with Gasteiger partial charge in [-0.05, 0) is 51.9 Å². The molecule has 2 saturated carbocycles. The van der Waals surface area contributed by atoms with E-state index in [1.165, 1.54) is 7.11 Å². The molecule has 2 heterocycles. The van der Waals surface area contributed by atoms with Crippen LogP contribution < -0.4 is 5.32 Å². The molecule has 0 radical (unpaired) electrons. The Hall–Kier alpha value is -1.64. The molecule has 1 amide bonds. The standard InChI is InChI=1S/C25H39NO7/c1-5-6-12-18-24(2,33-18)21-20(29-3)17(13-14-25(21)15-31-25)32-23(28)26-19(22(27)30-4)16-10-8-7-9-11-16/h5-6,16-21H,7-15H2,1-4H3,(H,26,28)/t17-,18-,19?,20-,21-,24+,25+/m1/s1. The zero-order chi connectivity index (χ0) is 23.6. The summed E-state index contributed by atoms with van der Waals surface area (Å²) in [5.74, 6) is -0.378. The van der Waals surface area contributed by atoms with E-state index in [-0.39, 0.29) is 35.2 Å². The summed E-state index contributed by atoms with van der Waals surface area (Å²) in [5.41, 5.74) is -0.654. The number of rotatable bonds is 8. The van der Waals surface area contributed by atoms with E-state index in [4.69, 9.17) is 23.7 Å². The van der Waals surface area contributed by atoms with Gasteiger partial charge in [0.2, 0.25) is 0 Å². The first kappa shape index (κ1) is 24.5. The fourth-order valence-electron chi connectivity index (χ4n) is 6.25. The highest BCUT2D eigenvalue weighted by Gasteiger charge is 2.72. The van der Waals surface area contributed by atoms with Crippen molar-refractivity contribution >= 4 is 12.1 Å². The zero-order valence-corrected chi connectivity index (χ0v) is 20.3. The molecule has 1 unspecified atom stereocenters. The summed E-state index contributed by atoms with van der Waals surface area (Å²) < 4.78 is 28.9. The van der Waals surface area contributed by atoms with E-state index in [0.29, 0.717) is 13.0 Å². The van der Waals surface area contributed by atoms with Gasteiger partial charge in [-0.1, -0.05) is 31.4 Å². The summed E-state index contributed by atoms with van der Waals surface area (Å²) in [6, 6.07) is -0.684. The third-order valence-electron chi connectivity index (χ3n) is 8.19. The molecule has 2 saturated heterocycles. The Kier molecular flexibility index (Phi) is 7.36. The predicted molar refractivity (Wildman–Crippen MR) is 121 cm³/mol. The van der Waals surface area contributed by atoms with E-state index in [1.807, 2.05) is 13.0 Å². The summed E-state index contributed by atoms with van der Waals surface area (Å²) >= 11 is 0. The van der Waals surface area contributed by atoms with Crippen LogP contribution in [-0.2, 0) is 28.5 Å². The Morgan fingerprint density at radius 1 is 1.18 bits per heavy atom. The van der Waals surface area contributed by atoms with E-state index < -0.39 is 24.2 Å². The van der Waals surface area contributed by atoms with Crippen molar-refractivity contribution in [3.63, 3.8) is 0 Å². The zero-order valence-electron chi connectivity index (χ0n) is 20.3. The van der Waals surface area contributed by atoms with Crippen molar-refractivity contribution in [3.05, 3.63) is 12.2 Å². The second kappa shape index (κ2) is 9.92. The van der Waals surface area contributed by atoms with E-state index in [1.54, 1.807) is 7.11 Å². The molecule has 0 aromatic carbocycles. The van der Waals surface area contributed by atoms with Crippen molar-refractivity contribution in [2.24, 2.45) is 11.8 Å². The van der Waals surface area contributed by atoms with Crippen LogP contribution in [0.15, 0.2) is 12.2 Å². The number of allylic oxidation sites excluding steroid dienone is 1. The number of amides is 1. The molecule has 0 aromatic rings. The third-order valence-corrected chi connectivity index (χ3v) is 8.19. The third kappa shape index (κ3) is 4.93. The number of ether oxygens (including phenoxy) is 5. The van der Waals surface area contributed by atoms with Gasteiger partial charge in [-0.3, -0.25) is 0 Å². The lowest BCUT2D eigenvalue weighted by molar-refractivity contribution is -0.145. The van der Waals surface area contributed by atoms with Crippen LogP contribution in [0.5, 0.6) is 0 Å². The van der Waals surface area contributed by atoms with Gasteiger partial charge in [0.1, 0.15) is 29.5 Å². The van der Waals surface area contributed by atoms with Crippen molar-refractivity contribution in [3.8, 4) is 0 Å². The minimum absolute atomic E-state index is 0.0356. The molecule has 2 aliphatic heterocycles. The summed E-state index contributed by atoms with van der Waals surface area (Å²) in [6.07, 6.45) is 10.2. The number of carbonyl (C=O) groups excluding carboxylic acids is 2. The van der Waals surface area contributed by atoms with Crippen LogP contribution in [-0.4, -0.2) is 68.4 Å². The summed E-state index contributed by atoms with van der Waals surface area (Å²) in [6.45, 7) is 4.79.